The molecule has 0 aromatic rings. The molecule has 0 amide bonds. The Balaban J connectivity index is 1.70. The van der Waals surface area contributed by atoms with E-state index in [1.165, 1.54) is 18.1 Å². The Hall–Kier alpha value is -1.78. The van der Waals surface area contributed by atoms with Gasteiger partial charge in [0.1, 0.15) is 23.2 Å². The van der Waals surface area contributed by atoms with Gasteiger partial charge in [-0.1, -0.05) is 0 Å². The monoisotopic (exact) mass is 292 g/mol. The van der Waals surface area contributed by atoms with E-state index in [0.717, 1.165) is 30.8 Å². The number of ether oxygens (including phenoxy) is 3. The molecule has 3 rings (SSSR count). The van der Waals surface area contributed by atoms with Crippen LogP contribution >= 0.6 is 0 Å². The molecule has 0 bridgehead atoms. The first-order valence-electron chi connectivity index (χ1n) is 7.34. The molecule has 0 fully saturated rings. The summed E-state index contributed by atoms with van der Waals surface area (Å²) in [5.41, 5.74) is 1.79. The van der Waals surface area contributed by atoms with E-state index in [-0.39, 0.29) is 18.0 Å². The van der Waals surface area contributed by atoms with Crippen molar-refractivity contribution in [3.05, 3.63) is 22.7 Å². The van der Waals surface area contributed by atoms with E-state index < -0.39 is 5.60 Å². The number of hydrogen-bond acceptors (Lipinski definition) is 5. The lowest BCUT2D eigenvalue weighted by atomic mass is 9.88. The molecule has 1 aliphatic carbocycles. The topological polar surface area (TPSA) is 61.8 Å². The Labute approximate surface area is 123 Å². The third kappa shape index (κ3) is 2.69. The summed E-state index contributed by atoms with van der Waals surface area (Å²) in [4.78, 5) is 22.6. The van der Waals surface area contributed by atoms with E-state index in [0.29, 0.717) is 12.8 Å². The average Bonchev–Trinajstić information content (AvgIpc) is 2.78. The first-order chi connectivity index (χ1) is 9.85. The fourth-order valence-electron chi connectivity index (χ4n) is 3.20. The second-order valence-corrected chi connectivity index (χ2v) is 6.39. The molecule has 0 radical (unpaired) electrons. The summed E-state index contributed by atoms with van der Waals surface area (Å²) in [6, 6.07) is 0. The Kier molecular flexibility index (Phi) is 3.30. The molecule has 3 aliphatic rings. The minimum atomic E-state index is -0.666. The second kappa shape index (κ2) is 4.90. The summed E-state index contributed by atoms with van der Waals surface area (Å²) >= 11 is 0. The van der Waals surface area contributed by atoms with Gasteiger partial charge in [-0.25, -0.2) is 0 Å². The van der Waals surface area contributed by atoms with Crippen LogP contribution in [0.25, 0.3) is 0 Å². The third-order valence-electron chi connectivity index (χ3n) is 4.30. The van der Waals surface area contributed by atoms with Crippen LogP contribution in [0.4, 0.5) is 0 Å². The van der Waals surface area contributed by atoms with E-state index in [1.807, 2.05) is 13.8 Å². The standard InChI is InChI=1S/C16H20O5/c1-9(17)21-16(2,3)14-7-11-6-10-4-5-15(18)20-12(10)8-13(11)19-14/h14H,4-8H2,1-3H3/t14-/m0/s1. The highest BCUT2D eigenvalue weighted by Gasteiger charge is 2.42. The molecule has 2 aliphatic heterocycles. The first-order valence-corrected chi connectivity index (χ1v) is 7.34. The van der Waals surface area contributed by atoms with Crippen LogP contribution in [0, 0.1) is 0 Å². The lowest BCUT2D eigenvalue weighted by Crippen LogP contribution is -2.40. The van der Waals surface area contributed by atoms with Crippen molar-refractivity contribution in [3.63, 3.8) is 0 Å². The minimum absolute atomic E-state index is 0.160. The van der Waals surface area contributed by atoms with Gasteiger partial charge in [0.2, 0.25) is 0 Å². The maximum absolute atomic E-state index is 11.4. The maximum atomic E-state index is 11.4. The molecule has 21 heavy (non-hydrogen) atoms. The highest BCUT2D eigenvalue weighted by molar-refractivity contribution is 5.72. The van der Waals surface area contributed by atoms with Crippen LogP contribution in [0.5, 0.6) is 0 Å². The predicted molar refractivity (Wildman–Crippen MR) is 73.9 cm³/mol. The SMILES string of the molecule is CC(=O)OC(C)(C)[C@@H]1CC2=C(CC3=C(CCC(=O)O3)C2)O1. The molecule has 5 heteroatoms. The Morgan fingerprint density at radius 1 is 1.19 bits per heavy atom. The Morgan fingerprint density at radius 2 is 1.95 bits per heavy atom. The van der Waals surface area contributed by atoms with E-state index in [4.69, 9.17) is 14.2 Å². The largest absolute Gasteiger partial charge is 0.490 e. The maximum Gasteiger partial charge on any atom is 0.311 e. The summed E-state index contributed by atoms with van der Waals surface area (Å²) in [6.45, 7) is 5.14. The molecule has 5 nitrogen and oxygen atoms in total. The van der Waals surface area contributed by atoms with Crippen LogP contribution in [-0.2, 0) is 23.8 Å². The molecule has 0 aromatic heterocycles. The van der Waals surface area contributed by atoms with Crippen LogP contribution < -0.4 is 0 Å². The zero-order chi connectivity index (χ0) is 15.2. The number of hydrogen-bond donors (Lipinski definition) is 0. The zero-order valence-corrected chi connectivity index (χ0v) is 12.7. The quantitative estimate of drug-likeness (QED) is 0.732. The summed E-state index contributed by atoms with van der Waals surface area (Å²) in [6.07, 6.45) is 3.19. The molecule has 0 spiro atoms. The van der Waals surface area contributed by atoms with Crippen LogP contribution in [0.1, 0.15) is 52.9 Å². The molecular weight excluding hydrogens is 272 g/mol. The van der Waals surface area contributed by atoms with Crippen LogP contribution in [-0.4, -0.2) is 23.6 Å². The van der Waals surface area contributed by atoms with Crippen molar-refractivity contribution in [2.75, 3.05) is 0 Å². The molecule has 0 saturated heterocycles. The first kappa shape index (κ1) is 14.2. The molecular formula is C16H20O5. The lowest BCUT2D eigenvalue weighted by molar-refractivity contribution is -0.165. The number of carbonyl (C=O) groups excluding carboxylic acids is 2. The van der Waals surface area contributed by atoms with Gasteiger partial charge in [-0.05, 0) is 37.8 Å². The van der Waals surface area contributed by atoms with Gasteiger partial charge >= 0.3 is 11.9 Å². The molecule has 0 unspecified atom stereocenters. The van der Waals surface area contributed by atoms with Gasteiger partial charge in [0.15, 0.2) is 0 Å². The zero-order valence-electron chi connectivity index (χ0n) is 12.7. The number of rotatable bonds is 2. The summed E-state index contributed by atoms with van der Waals surface area (Å²) in [5.74, 6) is 1.18. The third-order valence-corrected chi connectivity index (χ3v) is 4.30. The fourth-order valence-corrected chi connectivity index (χ4v) is 3.20. The van der Waals surface area contributed by atoms with Gasteiger partial charge in [0.25, 0.3) is 0 Å². The van der Waals surface area contributed by atoms with Crippen molar-refractivity contribution in [1.29, 1.82) is 0 Å². The number of esters is 2. The smallest absolute Gasteiger partial charge is 0.311 e. The van der Waals surface area contributed by atoms with Crippen LogP contribution in [0.15, 0.2) is 22.7 Å². The summed E-state index contributed by atoms with van der Waals surface area (Å²) in [5, 5.41) is 0. The Bertz CT molecular complexity index is 567. The van der Waals surface area contributed by atoms with E-state index >= 15 is 0 Å². The average molecular weight is 292 g/mol. The minimum Gasteiger partial charge on any atom is -0.490 e. The molecule has 0 aromatic carbocycles. The van der Waals surface area contributed by atoms with Crippen molar-refractivity contribution in [1.82, 2.24) is 0 Å². The van der Waals surface area contributed by atoms with Crippen LogP contribution in [0.2, 0.25) is 0 Å². The number of carbonyl (C=O) groups is 2. The molecule has 114 valence electrons. The van der Waals surface area contributed by atoms with Gasteiger partial charge in [-0.3, -0.25) is 9.59 Å². The van der Waals surface area contributed by atoms with Crippen molar-refractivity contribution in [3.8, 4) is 0 Å². The van der Waals surface area contributed by atoms with Crippen molar-refractivity contribution < 1.29 is 23.8 Å². The predicted octanol–water partition coefficient (Wildman–Crippen LogP) is 2.76. The van der Waals surface area contributed by atoms with Gasteiger partial charge in [0, 0.05) is 19.8 Å². The van der Waals surface area contributed by atoms with Gasteiger partial charge < -0.3 is 14.2 Å². The number of allylic oxidation sites excluding steroid dienone is 1. The molecule has 2 heterocycles. The van der Waals surface area contributed by atoms with Gasteiger partial charge in [0.05, 0.1) is 6.42 Å². The Morgan fingerprint density at radius 3 is 2.67 bits per heavy atom. The van der Waals surface area contributed by atoms with Crippen molar-refractivity contribution >= 4 is 11.9 Å². The normalized spacial score (nSPS) is 25.1. The lowest BCUT2D eigenvalue weighted by Gasteiger charge is -2.31. The van der Waals surface area contributed by atoms with Crippen molar-refractivity contribution in [2.45, 2.75) is 64.6 Å². The van der Waals surface area contributed by atoms with Crippen molar-refractivity contribution in [2.24, 2.45) is 0 Å². The van der Waals surface area contributed by atoms with Gasteiger partial charge in [-0.15, -0.1) is 0 Å². The summed E-state index contributed by atoms with van der Waals surface area (Å²) < 4.78 is 16.7. The van der Waals surface area contributed by atoms with E-state index in [9.17, 15) is 9.59 Å². The van der Waals surface area contributed by atoms with Crippen LogP contribution in [0.3, 0.4) is 0 Å². The molecule has 1 atom stereocenters. The fraction of sp³-hybridized carbons (Fsp3) is 0.625. The summed E-state index contributed by atoms with van der Waals surface area (Å²) in [7, 11) is 0. The second-order valence-electron chi connectivity index (χ2n) is 6.39. The van der Waals surface area contributed by atoms with E-state index in [2.05, 4.69) is 0 Å². The van der Waals surface area contributed by atoms with E-state index in [1.54, 1.807) is 0 Å². The van der Waals surface area contributed by atoms with Gasteiger partial charge in [-0.2, -0.15) is 0 Å². The molecule has 0 saturated carbocycles. The highest BCUT2D eigenvalue weighted by atomic mass is 16.6. The molecule has 0 N–H and O–H groups in total. The highest BCUT2D eigenvalue weighted by Crippen LogP contribution is 2.44.